The average Bonchev–Trinajstić information content (AvgIpc) is 3.51. The Kier molecular flexibility index (Phi) is 11.5. The van der Waals surface area contributed by atoms with Crippen LogP contribution in [0.5, 0.6) is 0 Å². The Morgan fingerprint density at radius 1 is 0.827 bits per heavy atom. The molecule has 0 radical (unpaired) electrons. The number of benzene rings is 5. The summed E-state index contributed by atoms with van der Waals surface area (Å²) in [5.74, 6) is -0.664. The van der Waals surface area contributed by atoms with E-state index in [4.69, 9.17) is 5.10 Å². The van der Waals surface area contributed by atoms with E-state index >= 15 is 0 Å². The molecule has 0 saturated carbocycles. The number of aryl methyl sites for hydroxylation is 2. The standard InChI is InChI=1S/C42H40N4O3S.C2H6/c1-4-5-17-39-40(29(3)43-46(39)35-16-10-11-28(2)24-35)37-21-19-33(26-38(37)42(48)45-23-22-31-13-7-9-15-34(31)27-45)41(47)44-50(49)36-20-18-30-12-6-8-14-32(30)25-36;1-2/h6-16,18-21,24-26H,4-5,17,22-23,27H2,1-3H3,(H,44,47);1-2H3. The molecule has 2 heterocycles. The fraction of sp³-hybridized carbons (Fsp3) is 0.250. The molecule has 266 valence electrons. The highest BCUT2D eigenvalue weighted by Crippen LogP contribution is 2.35. The molecule has 0 bridgehead atoms. The Hall–Kier alpha value is -5.34. The number of aromatic nitrogens is 2. The maximum absolute atomic E-state index is 14.6. The van der Waals surface area contributed by atoms with Gasteiger partial charge in [-0.1, -0.05) is 100.0 Å². The number of nitrogens with zero attached hydrogens (tertiary/aromatic N) is 3. The van der Waals surface area contributed by atoms with E-state index in [1.54, 1.807) is 18.2 Å². The third-order valence-corrected chi connectivity index (χ3v) is 10.5. The van der Waals surface area contributed by atoms with E-state index < -0.39 is 16.9 Å². The van der Waals surface area contributed by atoms with E-state index in [9.17, 15) is 13.8 Å². The van der Waals surface area contributed by atoms with Crippen molar-refractivity contribution >= 4 is 33.6 Å². The third-order valence-electron chi connectivity index (χ3n) is 9.49. The molecule has 1 atom stereocenters. The van der Waals surface area contributed by atoms with E-state index in [0.717, 1.165) is 75.8 Å². The second-order valence-corrected chi connectivity index (χ2v) is 14.2. The first-order valence-corrected chi connectivity index (χ1v) is 19.3. The van der Waals surface area contributed by atoms with Crippen LogP contribution in [0.15, 0.2) is 114 Å². The molecule has 5 aromatic carbocycles. The van der Waals surface area contributed by atoms with Crippen LogP contribution >= 0.6 is 0 Å². The van der Waals surface area contributed by atoms with Gasteiger partial charge in [0, 0.05) is 29.8 Å². The Balaban J connectivity index is 0.00000228. The first-order valence-electron chi connectivity index (χ1n) is 18.2. The van der Waals surface area contributed by atoms with Crippen molar-refractivity contribution in [3.05, 3.63) is 148 Å². The van der Waals surface area contributed by atoms with Crippen LogP contribution in [0.4, 0.5) is 0 Å². The zero-order valence-electron chi connectivity index (χ0n) is 30.6. The lowest BCUT2D eigenvalue weighted by molar-refractivity contribution is 0.0735. The summed E-state index contributed by atoms with van der Waals surface area (Å²) in [5, 5.41) is 6.98. The molecule has 1 unspecified atom stereocenters. The molecule has 1 aliphatic heterocycles. The van der Waals surface area contributed by atoms with Crippen molar-refractivity contribution in [3.63, 3.8) is 0 Å². The minimum atomic E-state index is -1.80. The van der Waals surface area contributed by atoms with E-state index in [-0.39, 0.29) is 11.5 Å². The van der Waals surface area contributed by atoms with Crippen LogP contribution in [-0.4, -0.2) is 37.2 Å². The monoisotopic (exact) mass is 710 g/mol. The summed E-state index contributed by atoms with van der Waals surface area (Å²) in [5.41, 5.74) is 8.66. The molecule has 0 aliphatic carbocycles. The molecule has 2 amide bonds. The largest absolute Gasteiger partial charge is 0.334 e. The summed E-state index contributed by atoms with van der Waals surface area (Å²) in [6.07, 6.45) is 3.49. The topological polar surface area (TPSA) is 84.3 Å². The van der Waals surface area contributed by atoms with Crippen LogP contribution in [-0.2, 0) is 30.4 Å². The molecule has 1 aromatic heterocycles. The van der Waals surface area contributed by atoms with E-state index in [1.165, 1.54) is 5.56 Å². The van der Waals surface area contributed by atoms with Crippen molar-refractivity contribution in [3.8, 4) is 16.8 Å². The molecule has 52 heavy (non-hydrogen) atoms. The lowest BCUT2D eigenvalue weighted by Crippen LogP contribution is -2.36. The first kappa shape index (κ1) is 36.5. The van der Waals surface area contributed by atoms with E-state index in [0.29, 0.717) is 23.5 Å². The molecule has 1 aliphatic rings. The number of carbonyl (C=O) groups excluding carboxylic acids is 2. The van der Waals surface area contributed by atoms with Crippen LogP contribution < -0.4 is 4.72 Å². The lowest BCUT2D eigenvalue weighted by atomic mass is 9.92. The predicted molar refractivity (Wildman–Crippen MR) is 211 cm³/mol. The van der Waals surface area contributed by atoms with Crippen LogP contribution in [0.3, 0.4) is 0 Å². The number of amides is 2. The van der Waals surface area contributed by atoms with Crippen LogP contribution in [0.1, 0.15) is 82.4 Å². The van der Waals surface area contributed by atoms with Gasteiger partial charge >= 0.3 is 0 Å². The normalized spacial score (nSPS) is 12.8. The van der Waals surface area contributed by atoms with E-state index in [2.05, 4.69) is 48.9 Å². The maximum atomic E-state index is 14.6. The van der Waals surface area contributed by atoms with Gasteiger partial charge in [-0.3, -0.25) is 14.3 Å². The average molecular weight is 711 g/mol. The molecule has 6 aromatic rings. The number of unbranched alkanes of at least 4 members (excludes halogenated alkanes) is 1. The highest BCUT2D eigenvalue weighted by atomic mass is 32.2. The fourth-order valence-electron chi connectivity index (χ4n) is 6.88. The molecule has 1 N–H and O–H groups in total. The Bertz CT molecular complexity index is 2270. The van der Waals surface area contributed by atoms with E-state index in [1.807, 2.05) is 91.0 Å². The first-order chi connectivity index (χ1) is 25.3. The van der Waals surface area contributed by atoms with Crippen LogP contribution in [0.2, 0.25) is 0 Å². The van der Waals surface area contributed by atoms with Crippen LogP contribution in [0, 0.1) is 13.8 Å². The highest BCUT2D eigenvalue weighted by Gasteiger charge is 2.28. The smallest absolute Gasteiger partial charge is 0.263 e. The fourth-order valence-corrected chi connectivity index (χ4v) is 7.71. The van der Waals surface area contributed by atoms with Crippen LogP contribution in [0.25, 0.3) is 27.6 Å². The number of carbonyl (C=O) groups is 2. The van der Waals surface area contributed by atoms with Crippen molar-refractivity contribution in [1.82, 2.24) is 19.4 Å². The molecular formula is C44H46N4O3S. The number of rotatable bonds is 9. The number of hydrogen-bond donors (Lipinski definition) is 1. The quantitative estimate of drug-likeness (QED) is 0.162. The van der Waals surface area contributed by atoms with Gasteiger partial charge in [0.1, 0.15) is 0 Å². The summed E-state index contributed by atoms with van der Waals surface area (Å²) in [7, 11) is -1.80. The predicted octanol–water partition coefficient (Wildman–Crippen LogP) is 9.33. The lowest BCUT2D eigenvalue weighted by Gasteiger charge is -2.29. The molecule has 8 heteroatoms. The Morgan fingerprint density at radius 2 is 1.58 bits per heavy atom. The summed E-state index contributed by atoms with van der Waals surface area (Å²) in [6.45, 7) is 11.3. The minimum absolute atomic E-state index is 0.149. The zero-order chi connectivity index (χ0) is 36.8. The second-order valence-electron chi connectivity index (χ2n) is 13.0. The number of fused-ring (bicyclic) bond motifs is 2. The third kappa shape index (κ3) is 7.63. The SMILES string of the molecule is CC.CCCCc1c(-c2ccc(C(=O)NS(=O)c3ccc4ccccc4c3)cc2C(=O)N2CCc3ccccc3C2)c(C)nn1-c1cccc(C)c1. The van der Waals surface area contributed by atoms with Crippen molar-refractivity contribution < 1.29 is 13.8 Å². The molecule has 7 nitrogen and oxygen atoms in total. The van der Waals surface area contributed by atoms with Gasteiger partial charge in [0.05, 0.1) is 22.0 Å². The van der Waals surface area contributed by atoms with Gasteiger partial charge in [-0.05, 0) is 103 Å². The molecule has 0 fully saturated rings. The molecule has 7 rings (SSSR count). The van der Waals surface area contributed by atoms with Crippen molar-refractivity contribution in [2.24, 2.45) is 0 Å². The maximum Gasteiger partial charge on any atom is 0.263 e. The summed E-state index contributed by atoms with van der Waals surface area (Å²) < 4.78 is 18.1. The molecule has 0 spiro atoms. The van der Waals surface area contributed by atoms with Gasteiger partial charge in [0.15, 0.2) is 11.0 Å². The van der Waals surface area contributed by atoms with Gasteiger partial charge in [-0.25, -0.2) is 8.89 Å². The summed E-state index contributed by atoms with van der Waals surface area (Å²) in [4.78, 5) is 30.7. The van der Waals surface area contributed by atoms with Crippen molar-refractivity contribution in [1.29, 1.82) is 0 Å². The Labute approximate surface area is 309 Å². The second kappa shape index (κ2) is 16.3. The van der Waals surface area contributed by atoms with Gasteiger partial charge in [0.25, 0.3) is 11.8 Å². The molecular weight excluding hydrogens is 665 g/mol. The minimum Gasteiger partial charge on any atom is -0.334 e. The van der Waals surface area contributed by atoms with Gasteiger partial charge in [0.2, 0.25) is 0 Å². The van der Waals surface area contributed by atoms with Gasteiger partial charge in [-0.15, -0.1) is 0 Å². The van der Waals surface area contributed by atoms with Crippen molar-refractivity contribution in [2.45, 2.75) is 71.7 Å². The molecule has 0 saturated heterocycles. The highest BCUT2D eigenvalue weighted by molar-refractivity contribution is 7.83. The summed E-state index contributed by atoms with van der Waals surface area (Å²) in [6, 6.07) is 35.0. The van der Waals surface area contributed by atoms with Crippen molar-refractivity contribution in [2.75, 3.05) is 6.54 Å². The Morgan fingerprint density at radius 3 is 2.35 bits per heavy atom. The number of hydrogen-bond acceptors (Lipinski definition) is 4. The zero-order valence-corrected chi connectivity index (χ0v) is 31.4. The number of nitrogens with one attached hydrogen (secondary N) is 1. The van der Waals surface area contributed by atoms with Gasteiger partial charge < -0.3 is 4.90 Å². The summed E-state index contributed by atoms with van der Waals surface area (Å²) >= 11 is 0. The van der Waals surface area contributed by atoms with Gasteiger partial charge in [-0.2, -0.15) is 5.10 Å².